The Bertz CT molecular complexity index is 2730. The fourth-order valence-electron chi connectivity index (χ4n) is 8.21. The SMILES string of the molecule is CC[C@@]1(COC(=O)CN=C(Cc2ccc(OC)cc2)NS(=O)(=O)c2ccc(C)cc2)C(=O)OCc2c1cc1n(c2=O)Cc2cc3c(CN4CCN(C)CC4)c(O)ccc3nc2-1. The number of nitrogens with zero attached hydrogens (tertiary/aromatic N) is 5. The Balaban J connectivity index is 1.06. The molecule has 0 aliphatic carbocycles. The number of carbonyl (C=O) groups excluding carboxylic acids is 2. The van der Waals surface area contributed by atoms with Crippen molar-refractivity contribution >= 4 is 38.7 Å². The number of aryl methyl sites for hydroxylation is 1. The van der Waals surface area contributed by atoms with Gasteiger partial charge in [-0.2, -0.15) is 0 Å². The number of likely N-dealkylation sites (N-methyl/N-ethyl adjacent to an activating group) is 1. The molecule has 0 saturated carbocycles. The maximum absolute atomic E-state index is 14.2. The van der Waals surface area contributed by atoms with Crippen molar-refractivity contribution in [3.63, 3.8) is 0 Å². The third-order valence-electron chi connectivity index (χ3n) is 12.0. The summed E-state index contributed by atoms with van der Waals surface area (Å²) in [7, 11) is -0.429. The summed E-state index contributed by atoms with van der Waals surface area (Å²) in [6, 6.07) is 20.5. The van der Waals surface area contributed by atoms with Crippen molar-refractivity contribution in [2.24, 2.45) is 4.99 Å². The maximum Gasteiger partial charge on any atom is 0.327 e. The molecule has 0 radical (unpaired) electrons. The van der Waals surface area contributed by atoms with Gasteiger partial charge in [0.1, 0.15) is 42.5 Å². The second-order valence-corrected chi connectivity index (χ2v) is 17.6. The molecule has 3 aromatic carbocycles. The molecule has 61 heavy (non-hydrogen) atoms. The van der Waals surface area contributed by atoms with Gasteiger partial charge in [-0.3, -0.25) is 29.0 Å². The first-order chi connectivity index (χ1) is 29.3. The number of fused-ring (bicyclic) bond motifs is 5. The number of rotatable bonds is 12. The van der Waals surface area contributed by atoms with E-state index in [9.17, 15) is 27.9 Å². The Labute approximate surface area is 353 Å². The molecule has 318 valence electrons. The van der Waals surface area contributed by atoms with E-state index in [2.05, 4.69) is 26.6 Å². The highest BCUT2D eigenvalue weighted by Gasteiger charge is 2.48. The van der Waals surface area contributed by atoms with Gasteiger partial charge in [-0.25, -0.2) is 13.4 Å². The summed E-state index contributed by atoms with van der Waals surface area (Å²) in [6.45, 7) is 6.80. The Kier molecular flexibility index (Phi) is 11.4. The summed E-state index contributed by atoms with van der Waals surface area (Å²) < 4.78 is 47.5. The van der Waals surface area contributed by atoms with Crippen LogP contribution in [0.25, 0.3) is 22.3 Å². The molecule has 2 aromatic heterocycles. The fourth-order valence-corrected chi connectivity index (χ4v) is 9.27. The number of phenols is 1. The van der Waals surface area contributed by atoms with Crippen LogP contribution >= 0.6 is 0 Å². The molecule has 15 nitrogen and oxygen atoms in total. The predicted molar refractivity (Wildman–Crippen MR) is 228 cm³/mol. The molecule has 0 spiro atoms. The molecule has 3 aliphatic heterocycles. The van der Waals surface area contributed by atoms with Crippen LogP contribution in [0.2, 0.25) is 0 Å². The summed E-state index contributed by atoms with van der Waals surface area (Å²) >= 11 is 0. The van der Waals surface area contributed by atoms with E-state index in [0.717, 1.165) is 48.3 Å². The third-order valence-corrected chi connectivity index (χ3v) is 13.4. The van der Waals surface area contributed by atoms with Gasteiger partial charge >= 0.3 is 11.9 Å². The molecule has 1 atom stereocenters. The van der Waals surface area contributed by atoms with Gasteiger partial charge < -0.3 is 28.8 Å². The lowest BCUT2D eigenvalue weighted by Gasteiger charge is -2.35. The number of aromatic nitrogens is 2. The van der Waals surface area contributed by atoms with Gasteiger partial charge in [-0.05, 0) is 80.1 Å². The Morgan fingerprint density at radius 3 is 2.46 bits per heavy atom. The minimum absolute atomic E-state index is 0.000691. The van der Waals surface area contributed by atoms with E-state index in [-0.39, 0.29) is 53.6 Å². The van der Waals surface area contributed by atoms with Crippen LogP contribution in [0.15, 0.2) is 87.5 Å². The van der Waals surface area contributed by atoms with Crippen LogP contribution < -0.4 is 15.0 Å². The quantitative estimate of drug-likeness (QED) is 0.103. The number of aromatic hydroxyl groups is 1. The first-order valence-corrected chi connectivity index (χ1v) is 21.7. The first-order valence-electron chi connectivity index (χ1n) is 20.2. The van der Waals surface area contributed by atoms with E-state index >= 15 is 0 Å². The molecular weight excluding hydrogens is 801 g/mol. The van der Waals surface area contributed by atoms with Crippen LogP contribution in [-0.2, 0) is 60.6 Å². The zero-order valence-corrected chi connectivity index (χ0v) is 35.4. The zero-order chi connectivity index (χ0) is 43.1. The van der Waals surface area contributed by atoms with Crippen LogP contribution in [0.5, 0.6) is 11.5 Å². The molecule has 5 aromatic rings. The zero-order valence-electron chi connectivity index (χ0n) is 34.6. The first kappa shape index (κ1) is 41.6. The van der Waals surface area contributed by atoms with E-state index in [1.807, 2.05) is 13.0 Å². The van der Waals surface area contributed by atoms with Crippen LogP contribution in [-0.4, -0.2) is 104 Å². The van der Waals surface area contributed by atoms with Crippen molar-refractivity contribution in [1.29, 1.82) is 0 Å². The highest BCUT2D eigenvalue weighted by Crippen LogP contribution is 2.41. The lowest BCUT2D eigenvalue weighted by atomic mass is 9.75. The van der Waals surface area contributed by atoms with Crippen molar-refractivity contribution < 1.29 is 37.3 Å². The number of phenolic OH excluding ortho intramolecular Hbond substituents is 1. The highest BCUT2D eigenvalue weighted by molar-refractivity contribution is 7.90. The van der Waals surface area contributed by atoms with E-state index in [1.165, 1.54) is 12.1 Å². The molecule has 0 unspecified atom stereocenters. The van der Waals surface area contributed by atoms with Gasteiger partial charge in [0.05, 0.1) is 41.0 Å². The minimum Gasteiger partial charge on any atom is -0.508 e. The molecule has 16 heteroatoms. The second-order valence-electron chi connectivity index (χ2n) is 15.9. The number of aliphatic imine (C=N–C) groups is 1. The van der Waals surface area contributed by atoms with Crippen LogP contribution in [0, 0.1) is 6.92 Å². The predicted octanol–water partition coefficient (Wildman–Crippen LogP) is 4.06. The van der Waals surface area contributed by atoms with Gasteiger partial charge in [-0.15, -0.1) is 0 Å². The van der Waals surface area contributed by atoms with Crippen molar-refractivity contribution in [2.75, 3.05) is 53.5 Å². The van der Waals surface area contributed by atoms with Gasteiger partial charge in [0, 0.05) is 55.7 Å². The molecule has 0 bridgehead atoms. The number of hydrogen-bond donors (Lipinski definition) is 2. The number of piperazine rings is 1. The number of ether oxygens (including phenoxy) is 3. The summed E-state index contributed by atoms with van der Waals surface area (Å²) in [5, 5.41) is 11.8. The van der Waals surface area contributed by atoms with Gasteiger partial charge in [-0.1, -0.05) is 36.8 Å². The number of amidine groups is 1. The molecule has 2 N–H and O–H groups in total. The number of sulfonamides is 1. The minimum atomic E-state index is -4.07. The molecule has 3 aliphatic rings. The molecule has 1 fully saturated rings. The smallest absolute Gasteiger partial charge is 0.327 e. The maximum atomic E-state index is 14.2. The molecule has 1 saturated heterocycles. The Morgan fingerprint density at radius 2 is 1.75 bits per heavy atom. The van der Waals surface area contributed by atoms with Crippen molar-refractivity contribution in [2.45, 2.75) is 56.7 Å². The van der Waals surface area contributed by atoms with E-state index in [1.54, 1.807) is 73.2 Å². The van der Waals surface area contributed by atoms with E-state index in [0.29, 0.717) is 40.3 Å². The third kappa shape index (κ3) is 8.22. The standard InChI is InChI=1S/C45H48N6O9S/c1-5-45(27-60-41(53)23-46-40(20-29-8-10-31(58-4)11-9-29)48-61(56,57)32-12-6-28(2)7-13-32)36-22-38-42-30(24-51(38)43(54)35(36)26-59-44(45)55)21-33-34(39(52)15-14-37(33)47-42)25-50-18-16-49(3)17-19-50/h6-15,21-22,52H,5,16-20,23-27H2,1-4H3,(H,46,48)/t45-/m0/s1. The average Bonchev–Trinajstić information content (AvgIpc) is 3.61. The fraction of sp³-hybridized carbons (Fsp3) is 0.356. The number of pyridine rings is 2. The topological polar surface area (TPSA) is 182 Å². The molecule has 0 amide bonds. The largest absolute Gasteiger partial charge is 0.508 e. The number of carbonyl (C=O) groups is 2. The van der Waals surface area contributed by atoms with Gasteiger partial charge in [0.2, 0.25) is 0 Å². The number of methoxy groups -OCH3 is 1. The normalized spacial score (nSPS) is 18.0. The summed E-state index contributed by atoms with van der Waals surface area (Å²) in [5.41, 5.74) is 3.82. The Hall–Kier alpha value is -6.10. The van der Waals surface area contributed by atoms with E-state index < -0.39 is 40.5 Å². The lowest BCUT2D eigenvalue weighted by Crippen LogP contribution is -2.48. The average molecular weight is 849 g/mol. The molecular formula is C45H48N6O9S. The summed E-state index contributed by atoms with van der Waals surface area (Å²) in [4.78, 5) is 55.4. The number of hydrogen-bond acceptors (Lipinski definition) is 13. The monoisotopic (exact) mass is 848 g/mol. The summed E-state index contributed by atoms with van der Waals surface area (Å²) in [5.74, 6) is -0.645. The van der Waals surface area contributed by atoms with Crippen LogP contribution in [0.4, 0.5) is 0 Å². The van der Waals surface area contributed by atoms with Gasteiger partial charge in [0.15, 0.2) is 0 Å². The number of nitrogens with one attached hydrogen (secondary N) is 1. The van der Waals surface area contributed by atoms with Crippen LogP contribution in [0.3, 0.4) is 0 Å². The van der Waals surface area contributed by atoms with E-state index in [4.69, 9.17) is 19.2 Å². The van der Waals surface area contributed by atoms with Crippen LogP contribution in [0.1, 0.15) is 46.7 Å². The number of cyclic esters (lactones) is 1. The second kappa shape index (κ2) is 16.7. The summed E-state index contributed by atoms with van der Waals surface area (Å²) in [6.07, 6.45) is 0.184. The van der Waals surface area contributed by atoms with Crippen molar-refractivity contribution in [3.8, 4) is 22.9 Å². The van der Waals surface area contributed by atoms with Gasteiger partial charge in [0.25, 0.3) is 15.6 Å². The lowest BCUT2D eigenvalue weighted by molar-refractivity contribution is -0.160. The van der Waals surface area contributed by atoms with Crippen molar-refractivity contribution in [1.82, 2.24) is 24.1 Å². The molecule has 5 heterocycles. The van der Waals surface area contributed by atoms with Crippen molar-refractivity contribution in [3.05, 3.63) is 117 Å². The number of esters is 2. The Morgan fingerprint density at radius 1 is 1.02 bits per heavy atom. The highest BCUT2D eigenvalue weighted by atomic mass is 32.2. The number of benzene rings is 3. The molecule has 8 rings (SSSR count).